The second-order valence-electron chi connectivity index (χ2n) is 5.69. The monoisotopic (exact) mass is 321 g/mol. The molecule has 0 saturated carbocycles. The van der Waals surface area contributed by atoms with Crippen molar-refractivity contribution in [3.05, 3.63) is 35.2 Å². The zero-order valence-electron chi connectivity index (χ0n) is 13.0. The molecule has 6 heteroatoms. The van der Waals surface area contributed by atoms with Crippen LogP contribution in [0.25, 0.3) is 11.4 Å². The average molecular weight is 322 g/mol. The number of hydrogen-bond donors (Lipinski definition) is 0. The number of halogens is 1. The number of aryl methyl sites for hydroxylation is 1. The summed E-state index contributed by atoms with van der Waals surface area (Å²) in [6.07, 6.45) is 0.813. The average Bonchev–Trinajstić information content (AvgIpc) is 2.93. The van der Waals surface area contributed by atoms with Gasteiger partial charge in [-0.25, -0.2) is 0 Å². The number of carbonyl (C=O) groups is 1. The Kier molecular flexibility index (Phi) is 5.55. The molecule has 0 saturated heterocycles. The van der Waals surface area contributed by atoms with E-state index in [1.54, 1.807) is 17.0 Å². The summed E-state index contributed by atoms with van der Waals surface area (Å²) in [5, 5.41) is 4.59. The van der Waals surface area contributed by atoms with E-state index in [2.05, 4.69) is 24.0 Å². The van der Waals surface area contributed by atoms with Crippen molar-refractivity contribution in [1.29, 1.82) is 0 Å². The molecule has 0 fully saturated rings. The topological polar surface area (TPSA) is 59.2 Å². The third kappa shape index (κ3) is 4.56. The second-order valence-corrected chi connectivity index (χ2v) is 6.12. The van der Waals surface area contributed by atoms with Gasteiger partial charge in [-0.1, -0.05) is 30.6 Å². The number of carbonyl (C=O) groups excluding carboxylic acids is 1. The molecule has 0 bridgehead atoms. The number of benzene rings is 1. The van der Waals surface area contributed by atoms with Gasteiger partial charge in [-0.05, 0) is 30.2 Å². The zero-order chi connectivity index (χ0) is 16.1. The van der Waals surface area contributed by atoms with Crippen molar-refractivity contribution in [3.63, 3.8) is 0 Å². The Hall–Kier alpha value is -1.88. The van der Waals surface area contributed by atoms with Gasteiger partial charge >= 0.3 is 0 Å². The Morgan fingerprint density at radius 3 is 2.64 bits per heavy atom. The van der Waals surface area contributed by atoms with Gasteiger partial charge in [0, 0.05) is 37.0 Å². The Labute approximate surface area is 135 Å². The molecule has 1 aromatic carbocycles. The fraction of sp³-hybridized carbons (Fsp3) is 0.438. The molecule has 0 N–H and O–H groups in total. The highest BCUT2D eigenvalue weighted by atomic mass is 35.5. The quantitative estimate of drug-likeness (QED) is 0.817. The molecule has 2 rings (SSSR count). The molecule has 1 amide bonds. The van der Waals surface area contributed by atoms with Crippen LogP contribution in [-0.4, -0.2) is 34.5 Å². The zero-order valence-corrected chi connectivity index (χ0v) is 13.8. The van der Waals surface area contributed by atoms with E-state index in [1.165, 1.54) is 0 Å². The first-order valence-electron chi connectivity index (χ1n) is 7.28. The van der Waals surface area contributed by atoms with E-state index in [-0.39, 0.29) is 5.91 Å². The fourth-order valence-corrected chi connectivity index (χ4v) is 2.25. The highest BCUT2D eigenvalue weighted by molar-refractivity contribution is 6.30. The van der Waals surface area contributed by atoms with Crippen LogP contribution in [0.1, 0.15) is 26.2 Å². The maximum Gasteiger partial charge on any atom is 0.227 e. The highest BCUT2D eigenvalue weighted by Crippen LogP contribution is 2.19. The molecule has 0 radical (unpaired) electrons. The molecule has 22 heavy (non-hydrogen) atoms. The van der Waals surface area contributed by atoms with Crippen molar-refractivity contribution in [2.24, 2.45) is 5.92 Å². The van der Waals surface area contributed by atoms with Crippen LogP contribution in [-0.2, 0) is 11.2 Å². The molecule has 0 aliphatic carbocycles. The number of rotatable bonds is 6. The number of aromatic nitrogens is 2. The summed E-state index contributed by atoms with van der Waals surface area (Å²) < 4.78 is 5.20. The van der Waals surface area contributed by atoms with Crippen molar-refractivity contribution in [2.45, 2.75) is 26.7 Å². The molecule has 5 nitrogen and oxygen atoms in total. The van der Waals surface area contributed by atoms with Crippen LogP contribution in [0.5, 0.6) is 0 Å². The van der Waals surface area contributed by atoms with Gasteiger partial charge in [0.2, 0.25) is 17.6 Å². The standard InChI is InChI=1S/C16H20ClN3O2/c1-11(2)10-20(3)15(21)9-8-14-18-16(19-22-14)12-4-6-13(17)7-5-12/h4-7,11H,8-10H2,1-3H3. The molecule has 0 atom stereocenters. The lowest BCUT2D eigenvalue weighted by atomic mass is 10.2. The van der Waals surface area contributed by atoms with Crippen LogP contribution in [0.3, 0.4) is 0 Å². The summed E-state index contributed by atoms with van der Waals surface area (Å²) in [6.45, 7) is 4.92. The fourth-order valence-electron chi connectivity index (χ4n) is 2.13. The normalized spacial score (nSPS) is 11.0. The summed E-state index contributed by atoms with van der Waals surface area (Å²) in [5.41, 5.74) is 0.836. The SMILES string of the molecule is CC(C)CN(C)C(=O)CCc1nc(-c2ccc(Cl)cc2)no1. The van der Waals surface area contributed by atoms with Crippen molar-refractivity contribution in [2.75, 3.05) is 13.6 Å². The lowest BCUT2D eigenvalue weighted by Gasteiger charge is -2.18. The number of amides is 1. The maximum absolute atomic E-state index is 12.0. The van der Waals surface area contributed by atoms with E-state index in [9.17, 15) is 4.79 Å². The Bertz CT molecular complexity index is 623. The molecule has 0 spiro atoms. The molecule has 0 unspecified atom stereocenters. The summed E-state index contributed by atoms with van der Waals surface area (Å²) in [5.74, 6) is 1.51. The first kappa shape index (κ1) is 16.5. The predicted molar refractivity (Wildman–Crippen MR) is 85.5 cm³/mol. The lowest BCUT2D eigenvalue weighted by Crippen LogP contribution is -2.30. The molecular formula is C16H20ClN3O2. The molecule has 1 aromatic heterocycles. The van der Waals surface area contributed by atoms with E-state index in [4.69, 9.17) is 16.1 Å². The summed E-state index contributed by atoms with van der Waals surface area (Å²) >= 11 is 5.85. The minimum Gasteiger partial charge on any atom is -0.345 e. The van der Waals surface area contributed by atoms with Gasteiger partial charge in [0.15, 0.2) is 0 Å². The van der Waals surface area contributed by atoms with E-state index in [1.807, 2.05) is 19.2 Å². The summed E-state index contributed by atoms with van der Waals surface area (Å²) in [6, 6.07) is 7.21. The summed E-state index contributed by atoms with van der Waals surface area (Å²) in [7, 11) is 1.81. The van der Waals surface area contributed by atoms with Gasteiger partial charge < -0.3 is 9.42 Å². The van der Waals surface area contributed by atoms with Crippen molar-refractivity contribution < 1.29 is 9.32 Å². The third-order valence-corrected chi connectivity index (χ3v) is 3.44. The number of hydrogen-bond acceptors (Lipinski definition) is 4. The molecular weight excluding hydrogens is 302 g/mol. The Morgan fingerprint density at radius 1 is 1.32 bits per heavy atom. The van der Waals surface area contributed by atoms with Crippen LogP contribution in [0, 0.1) is 5.92 Å². The van der Waals surface area contributed by atoms with E-state index in [0.717, 1.165) is 12.1 Å². The van der Waals surface area contributed by atoms with Gasteiger partial charge in [-0.3, -0.25) is 4.79 Å². The van der Waals surface area contributed by atoms with E-state index >= 15 is 0 Å². The lowest BCUT2D eigenvalue weighted by molar-refractivity contribution is -0.130. The summed E-state index contributed by atoms with van der Waals surface area (Å²) in [4.78, 5) is 18.0. The van der Waals surface area contributed by atoms with Gasteiger partial charge in [-0.2, -0.15) is 4.98 Å². The van der Waals surface area contributed by atoms with Crippen LogP contribution < -0.4 is 0 Å². The van der Waals surface area contributed by atoms with Gasteiger partial charge in [0.1, 0.15) is 0 Å². The Morgan fingerprint density at radius 2 is 2.00 bits per heavy atom. The first-order valence-corrected chi connectivity index (χ1v) is 7.66. The molecule has 1 heterocycles. The largest absolute Gasteiger partial charge is 0.345 e. The minimum absolute atomic E-state index is 0.0833. The molecule has 0 aliphatic heterocycles. The third-order valence-electron chi connectivity index (χ3n) is 3.19. The van der Waals surface area contributed by atoms with Crippen LogP contribution in [0.4, 0.5) is 0 Å². The molecule has 118 valence electrons. The van der Waals surface area contributed by atoms with Gasteiger partial charge in [0.05, 0.1) is 0 Å². The van der Waals surface area contributed by atoms with Gasteiger partial charge in [0.25, 0.3) is 0 Å². The first-order chi connectivity index (χ1) is 10.5. The molecule has 0 aliphatic rings. The van der Waals surface area contributed by atoms with E-state index in [0.29, 0.717) is 35.5 Å². The van der Waals surface area contributed by atoms with Crippen molar-refractivity contribution >= 4 is 17.5 Å². The molecule has 2 aromatic rings. The number of nitrogens with zero attached hydrogens (tertiary/aromatic N) is 3. The maximum atomic E-state index is 12.0. The van der Waals surface area contributed by atoms with Crippen molar-refractivity contribution in [3.8, 4) is 11.4 Å². The highest BCUT2D eigenvalue weighted by Gasteiger charge is 2.14. The predicted octanol–water partition coefficient (Wildman–Crippen LogP) is 3.44. The Balaban J connectivity index is 1.92. The van der Waals surface area contributed by atoms with Crippen LogP contribution >= 0.6 is 11.6 Å². The van der Waals surface area contributed by atoms with Crippen LogP contribution in [0.2, 0.25) is 5.02 Å². The second kappa shape index (κ2) is 7.40. The van der Waals surface area contributed by atoms with Crippen molar-refractivity contribution in [1.82, 2.24) is 15.0 Å². The minimum atomic E-state index is 0.0833. The van der Waals surface area contributed by atoms with Gasteiger partial charge in [-0.15, -0.1) is 0 Å². The smallest absolute Gasteiger partial charge is 0.227 e. The van der Waals surface area contributed by atoms with E-state index < -0.39 is 0 Å². The van der Waals surface area contributed by atoms with Crippen LogP contribution in [0.15, 0.2) is 28.8 Å².